The Balaban J connectivity index is 1.50. The molecule has 1 aromatic rings. The van der Waals surface area contributed by atoms with Crippen molar-refractivity contribution in [1.82, 2.24) is 0 Å². The summed E-state index contributed by atoms with van der Waals surface area (Å²) in [6, 6.07) is 7.74. The van der Waals surface area contributed by atoms with E-state index in [0.29, 0.717) is 6.61 Å². The van der Waals surface area contributed by atoms with Crippen LogP contribution in [-0.4, -0.2) is 19.3 Å². The second kappa shape index (κ2) is 5.04. The van der Waals surface area contributed by atoms with E-state index in [0.717, 1.165) is 29.8 Å². The molecule has 3 atom stereocenters. The zero-order chi connectivity index (χ0) is 13.3. The molecule has 0 radical (unpaired) electrons. The zero-order valence-corrected chi connectivity index (χ0v) is 11.6. The smallest absolute Gasteiger partial charge is 0.119 e. The van der Waals surface area contributed by atoms with Crippen LogP contribution in [0.15, 0.2) is 24.3 Å². The molecule has 0 saturated heterocycles. The Hall–Kier alpha value is -1.22. The van der Waals surface area contributed by atoms with Crippen molar-refractivity contribution < 1.29 is 9.47 Å². The Bertz CT molecular complexity index is 431. The second-order valence-electron chi connectivity index (χ2n) is 6.09. The minimum absolute atomic E-state index is 0.0371. The highest BCUT2D eigenvalue weighted by atomic mass is 16.5. The first-order valence-corrected chi connectivity index (χ1v) is 7.25. The van der Waals surface area contributed by atoms with Gasteiger partial charge in [0.2, 0.25) is 0 Å². The Morgan fingerprint density at radius 2 is 1.95 bits per heavy atom. The lowest BCUT2D eigenvalue weighted by Crippen LogP contribution is -2.46. The van der Waals surface area contributed by atoms with Crippen molar-refractivity contribution in [3.05, 3.63) is 24.3 Å². The van der Waals surface area contributed by atoms with E-state index in [9.17, 15) is 0 Å². The maximum atomic E-state index is 6.55. The van der Waals surface area contributed by atoms with Crippen molar-refractivity contribution in [2.45, 2.75) is 37.6 Å². The molecule has 3 nitrogen and oxygen atoms in total. The van der Waals surface area contributed by atoms with Crippen LogP contribution in [-0.2, 0) is 0 Å². The van der Waals surface area contributed by atoms with Crippen LogP contribution in [0.3, 0.4) is 0 Å². The van der Waals surface area contributed by atoms with Crippen molar-refractivity contribution in [2.75, 3.05) is 13.7 Å². The number of benzene rings is 1. The molecule has 2 saturated carbocycles. The molecule has 2 fully saturated rings. The van der Waals surface area contributed by atoms with E-state index in [1.165, 1.54) is 25.7 Å². The summed E-state index contributed by atoms with van der Waals surface area (Å²) in [5, 5.41) is 0. The molecule has 0 spiro atoms. The fraction of sp³-hybridized carbons (Fsp3) is 0.625. The molecule has 3 rings (SSSR count). The van der Waals surface area contributed by atoms with Gasteiger partial charge in [-0.1, -0.05) is 6.42 Å². The molecule has 3 unspecified atom stereocenters. The van der Waals surface area contributed by atoms with Crippen molar-refractivity contribution >= 4 is 0 Å². The summed E-state index contributed by atoms with van der Waals surface area (Å²) >= 11 is 0. The lowest BCUT2D eigenvalue weighted by atomic mass is 9.80. The van der Waals surface area contributed by atoms with E-state index in [4.69, 9.17) is 15.2 Å². The summed E-state index contributed by atoms with van der Waals surface area (Å²) in [6.45, 7) is 0.714. The van der Waals surface area contributed by atoms with Gasteiger partial charge in [0.1, 0.15) is 11.5 Å². The van der Waals surface area contributed by atoms with E-state index < -0.39 is 0 Å². The molecule has 3 heteroatoms. The Morgan fingerprint density at radius 1 is 1.21 bits per heavy atom. The van der Waals surface area contributed by atoms with Crippen LogP contribution in [0.25, 0.3) is 0 Å². The third kappa shape index (κ3) is 2.57. The lowest BCUT2D eigenvalue weighted by Gasteiger charge is -2.33. The number of hydrogen-bond donors (Lipinski definition) is 1. The number of methoxy groups -OCH3 is 1. The highest BCUT2D eigenvalue weighted by molar-refractivity contribution is 5.31. The van der Waals surface area contributed by atoms with Gasteiger partial charge >= 0.3 is 0 Å². The van der Waals surface area contributed by atoms with Gasteiger partial charge in [0.25, 0.3) is 0 Å². The zero-order valence-electron chi connectivity index (χ0n) is 11.6. The molecule has 0 aliphatic heterocycles. The number of hydrogen-bond acceptors (Lipinski definition) is 3. The average Bonchev–Trinajstić information content (AvgIpc) is 3.00. The first-order chi connectivity index (χ1) is 9.19. The Labute approximate surface area is 115 Å². The summed E-state index contributed by atoms with van der Waals surface area (Å²) in [6.07, 6.45) is 6.23. The van der Waals surface area contributed by atoms with Crippen LogP contribution in [0, 0.1) is 11.8 Å². The molecule has 2 N–H and O–H groups in total. The molecule has 104 valence electrons. The average molecular weight is 261 g/mol. The van der Waals surface area contributed by atoms with Crippen LogP contribution in [0.2, 0.25) is 0 Å². The quantitative estimate of drug-likeness (QED) is 0.886. The number of fused-ring (bicyclic) bond motifs is 2. The van der Waals surface area contributed by atoms with Crippen LogP contribution in [0.4, 0.5) is 0 Å². The summed E-state index contributed by atoms with van der Waals surface area (Å²) in [4.78, 5) is 0. The van der Waals surface area contributed by atoms with Gasteiger partial charge in [-0.15, -0.1) is 0 Å². The van der Waals surface area contributed by atoms with E-state index in [1.54, 1.807) is 7.11 Å². The van der Waals surface area contributed by atoms with Gasteiger partial charge in [-0.3, -0.25) is 0 Å². The summed E-state index contributed by atoms with van der Waals surface area (Å²) < 4.78 is 10.9. The summed E-state index contributed by atoms with van der Waals surface area (Å²) in [7, 11) is 1.67. The molecule has 0 amide bonds. The predicted molar refractivity (Wildman–Crippen MR) is 75.5 cm³/mol. The fourth-order valence-electron chi connectivity index (χ4n) is 3.82. The van der Waals surface area contributed by atoms with Gasteiger partial charge in [0.15, 0.2) is 0 Å². The van der Waals surface area contributed by atoms with Crippen LogP contribution >= 0.6 is 0 Å². The maximum Gasteiger partial charge on any atom is 0.119 e. The number of ether oxygens (including phenoxy) is 2. The Kier molecular flexibility index (Phi) is 3.40. The van der Waals surface area contributed by atoms with Gasteiger partial charge in [0, 0.05) is 5.54 Å². The van der Waals surface area contributed by atoms with Crippen LogP contribution < -0.4 is 15.2 Å². The molecule has 1 aromatic carbocycles. The predicted octanol–water partition coefficient (Wildman–Crippen LogP) is 2.98. The van der Waals surface area contributed by atoms with Crippen LogP contribution in [0.1, 0.15) is 32.1 Å². The summed E-state index contributed by atoms with van der Waals surface area (Å²) in [5.41, 5.74) is 6.59. The molecule has 2 aliphatic carbocycles. The lowest BCUT2D eigenvalue weighted by molar-refractivity contribution is 0.199. The van der Waals surface area contributed by atoms with E-state index in [2.05, 4.69) is 0 Å². The molecule has 2 aliphatic rings. The van der Waals surface area contributed by atoms with Crippen LogP contribution in [0.5, 0.6) is 11.5 Å². The molecule has 0 aromatic heterocycles. The molecular formula is C16H23NO2. The monoisotopic (exact) mass is 261 g/mol. The first kappa shape index (κ1) is 12.8. The Morgan fingerprint density at radius 3 is 2.53 bits per heavy atom. The fourth-order valence-corrected chi connectivity index (χ4v) is 3.82. The van der Waals surface area contributed by atoms with Gasteiger partial charge in [-0.05, 0) is 61.8 Å². The van der Waals surface area contributed by atoms with Crippen molar-refractivity contribution in [3.63, 3.8) is 0 Å². The van der Waals surface area contributed by atoms with Crippen molar-refractivity contribution in [3.8, 4) is 11.5 Å². The minimum Gasteiger partial charge on any atom is -0.497 e. The number of nitrogens with two attached hydrogens (primary N) is 1. The van der Waals surface area contributed by atoms with Gasteiger partial charge < -0.3 is 15.2 Å². The van der Waals surface area contributed by atoms with E-state index in [1.807, 2.05) is 24.3 Å². The molecule has 0 heterocycles. The largest absolute Gasteiger partial charge is 0.497 e. The van der Waals surface area contributed by atoms with Crippen molar-refractivity contribution in [1.29, 1.82) is 0 Å². The second-order valence-corrected chi connectivity index (χ2v) is 6.09. The third-order valence-electron chi connectivity index (χ3n) is 4.92. The van der Waals surface area contributed by atoms with Gasteiger partial charge in [0.05, 0.1) is 13.7 Å². The molecule has 19 heavy (non-hydrogen) atoms. The maximum absolute atomic E-state index is 6.55. The molecular weight excluding hydrogens is 238 g/mol. The normalized spacial score (nSPS) is 32.5. The molecule has 2 bridgehead atoms. The standard InChI is InChI=1S/C16H23NO2/c1-18-14-4-6-15(7-5-14)19-9-8-16(17)11-12-2-3-13(16)10-12/h4-7,12-13H,2-3,8-11,17H2,1H3. The SMILES string of the molecule is COc1ccc(OCCC2(N)CC3CCC2C3)cc1. The van der Waals surface area contributed by atoms with E-state index in [-0.39, 0.29) is 5.54 Å². The summed E-state index contributed by atoms with van der Waals surface area (Å²) in [5.74, 6) is 3.37. The first-order valence-electron chi connectivity index (χ1n) is 7.25. The highest BCUT2D eigenvalue weighted by Gasteiger charge is 2.48. The third-order valence-corrected chi connectivity index (χ3v) is 4.92. The minimum atomic E-state index is 0.0371. The van der Waals surface area contributed by atoms with Gasteiger partial charge in [-0.2, -0.15) is 0 Å². The highest BCUT2D eigenvalue weighted by Crippen LogP contribution is 2.50. The van der Waals surface area contributed by atoms with E-state index >= 15 is 0 Å². The number of rotatable bonds is 5. The van der Waals surface area contributed by atoms with Gasteiger partial charge in [-0.25, -0.2) is 0 Å². The van der Waals surface area contributed by atoms with Crippen molar-refractivity contribution in [2.24, 2.45) is 17.6 Å². The topological polar surface area (TPSA) is 44.5 Å².